The van der Waals surface area contributed by atoms with Gasteiger partial charge in [-0.15, -0.1) is 0 Å². The van der Waals surface area contributed by atoms with Gasteiger partial charge in [0.25, 0.3) is 0 Å². The maximum atomic E-state index is 12.8. The first-order valence-corrected chi connectivity index (χ1v) is 27.0. The molecular weight excluding hydrogens is 793 g/mol. The van der Waals surface area contributed by atoms with E-state index in [2.05, 4.69) is 93.7 Å². The van der Waals surface area contributed by atoms with E-state index in [0.717, 1.165) is 103 Å². The average Bonchev–Trinajstić information content (AvgIpc) is 3.29. The van der Waals surface area contributed by atoms with Crippen LogP contribution >= 0.6 is 0 Å². The third kappa shape index (κ3) is 49.9. The number of carbonyl (C=O) groups excluding carboxylic acids is 3. The molecule has 0 aliphatic carbocycles. The lowest BCUT2D eigenvalue weighted by atomic mass is 10.1. The minimum Gasteiger partial charge on any atom is -0.462 e. The number of ether oxygens (including phenoxy) is 3. The van der Waals surface area contributed by atoms with E-state index in [4.69, 9.17) is 14.2 Å². The zero-order valence-corrected chi connectivity index (χ0v) is 42.0. The molecule has 0 aromatic heterocycles. The number of hydrogen-bond donors (Lipinski definition) is 0. The molecular formula is C58H100O6. The van der Waals surface area contributed by atoms with Crippen LogP contribution in [0.2, 0.25) is 0 Å². The molecule has 0 spiro atoms. The summed E-state index contributed by atoms with van der Waals surface area (Å²) in [6.07, 6.45) is 66.0. The molecule has 1 unspecified atom stereocenters. The summed E-state index contributed by atoms with van der Waals surface area (Å²) in [5.41, 5.74) is 0. The van der Waals surface area contributed by atoms with Gasteiger partial charge >= 0.3 is 17.9 Å². The Hall–Kier alpha value is -3.15. The number of hydrogen-bond acceptors (Lipinski definition) is 6. The second-order valence-corrected chi connectivity index (χ2v) is 17.8. The van der Waals surface area contributed by atoms with Crippen molar-refractivity contribution in [2.75, 3.05) is 13.2 Å². The molecule has 0 fully saturated rings. The summed E-state index contributed by atoms with van der Waals surface area (Å²) < 4.78 is 16.8. The topological polar surface area (TPSA) is 78.9 Å². The Balaban J connectivity index is 4.42. The van der Waals surface area contributed by atoms with E-state index in [1.807, 2.05) is 0 Å². The van der Waals surface area contributed by atoms with Crippen LogP contribution in [0.3, 0.4) is 0 Å². The van der Waals surface area contributed by atoms with E-state index in [1.54, 1.807) is 0 Å². The summed E-state index contributed by atoms with van der Waals surface area (Å²) >= 11 is 0. The van der Waals surface area contributed by atoms with Crippen LogP contribution in [0, 0.1) is 0 Å². The number of allylic oxidation sites excluding steroid dienone is 12. The fourth-order valence-electron chi connectivity index (χ4n) is 7.43. The minimum atomic E-state index is -0.792. The minimum absolute atomic E-state index is 0.0919. The molecule has 64 heavy (non-hydrogen) atoms. The highest BCUT2D eigenvalue weighted by Crippen LogP contribution is 2.14. The molecule has 0 heterocycles. The van der Waals surface area contributed by atoms with E-state index in [0.29, 0.717) is 19.3 Å². The first-order chi connectivity index (χ1) is 31.5. The van der Waals surface area contributed by atoms with Crippen LogP contribution in [-0.4, -0.2) is 37.2 Å². The van der Waals surface area contributed by atoms with Crippen molar-refractivity contribution in [3.8, 4) is 0 Å². The predicted molar refractivity (Wildman–Crippen MR) is 274 cm³/mol. The van der Waals surface area contributed by atoms with Crippen molar-refractivity contribution in [3.63, 3.8) is 0 Å². The van der Waals surface area contributed by atoms with Crippen molar-refractivity contribution in [2.24, 2.45) is 0 Å². The summed E-state index contributed by atoms with van der Waals surface area (Å²) in [6, 6.07) is 0. The average molecular weight is 893 g/mol. The quantitative estimate of drug-likeness (QED) is 0.0199. The molecule has 0 N–H and O–H groups in total. The van der Waals surface area contributed by atoms with Crippen LogP contribution in [0.1, 0.15) is 258 Å². The summed E-state index contributed by atoms with van der Waals surface area (Å²) in [6.45, 7) is 6.46. The Kier molecular flexibility index (Phi) is 49.9. The second-order valence-electron chi connectivity index (χ2n) is 17.8. The Labute approximate surface area is 395 Å². The van der Waals surface area contributed by atoms with Gasteiger partial charge in [-0.25, -0.2) is 0 Å². The Morgan fingerprint density at radius 3 is 1.02 bits per heavy atom. The standard InChI is InChI=1S/C58H100O6/c1-4-7-10-13-16-19-22-25-27-28-29-31-33-36-39-42-45-48-51-57(60)63-54-55(53-62-56(59)50-47-44-41-38-35-32-24-21-18-15-12-9-6-3)64-58(61)52-49-46-43-40-37-34-30-26-23-20-17-14-11-8-5-2/h9,12,15,18,20-21,23-24,27-29,31,55H,4-8,10-11,13-14,16-17,19,22,25-26,30,32-54H2,1-3H3/b12-9-,18-15-,23-20-,24-21-,28-27-,31-29-. The van der Waals surface area contributed by atoms with Gasteiger partial charge in [0.1, 0.15) is 13.2 Å². The molecule has 0 saturated heterocycles. The molecule has 0 aliphatic heterocycles. The van der Waals surface area contributed by atoms with Crippen LogP contribution in [0.15, 0.2) is 72.9 Å². The van der Waals surface area contributed by atoms with E-state index < -0.39 is 6.10 Å². The van der Waals surface area contributed by atoms with E-state index in [9.17, 15) is 14.4 Å². The molecule has 6 nitrogen and oxygen atoms in total. The van der Waals surface area contributed by atoms with Gasteiger partial charge in [0, 0.05) is 19.3 Å². The van der Waals surface area contributed by atoms with Gasteiger partial charge in [-0.1, -0.05) is 222 Å². The predicted octanol–water partition coefficient (Wildman–Crippen LogP) is 17.8. The largest absolute Gasteiger partial charge is 0.462 e. The second kappa shape index (κ2) is 52.5. The molecule has 0 amide bonds. The molecule has 0 aromatic carbocycles. The van der Waals surface area contributed by atoms with E-state index in [1.165, 1.54) is 116 Å². The summed E-state index contributed by atoms with van der Waals surface area (Å²) in [4.78, 5) is 38.0. The number of rotatable bonds is 48. The van der Waals surface area contributed by atoms with Crippen molar-refractivity contribution in [1.82, 2.24) is 0 Å². The zero-order chi connectivity index (χ0) is 46.5. The number of carbonyl (C=O) groups is 3. The maximum absolute atomic E-state index is 12.8. The SMILES string of the molecule is CC\C=C/C=C\C=C/CCCCCCCC(=O)OCC(COC(=O)CCCCCCC/C=C\C=C/CCCCCCCCC)OC(=O)CCCCCCCCC/C=C\CCCCCC. The normalized spacial score (nSPS) is 12.6. The van der Waals surface area contributed by atoms with Gasteiger partial charge in [-0.2, -0.15) is 0 Å². The lowest BCUT2D eigenvalue weighted by molar-refractivity contribution is -0.167. The fourth-order valence-corrected chi connectivity index (χ4v) is 7.43. The van der Waals surface area contributed by atoms with Gasteiger partial charge in [-0.05, 0) is 89.9 Å². The number of unbranched alkanes of at least 4 members (excludes halogenated alkanes) is 28. The highest BCUT2D eigenvalue weighted by molar-refractivity contribution is 5.71. The Morgan fingerprint density at radius 2 is 0.625 bits per heavy atom. The lowest BCUT2D eigenvalue weighted by Crippen LogP contribution is -2.30. The molecule has 1 atom stereocenters. The molecule has 368 valence electrons. The molecule has 0 radical (unpaired) electrons. The summed E-state index contributed by atoms with van der Waals surface area (Å²) in [5, 5.41) is 0. The summed E-state index contributed by atoms with van der Waals surface area (Å²) in [7, 11) is 0. The maximum Gasteiger partial charge on any atom is 0.306 e. The van der Waals surface area contributed by atoms with Crippen LogP contribution in [-0.2, 0) is 28.6 Å². The van der Waals surface area contributed by atoms with Crippen molar-refractivity contribution in [3.05, 3.63) is 72.9 Å². The first kappa shape index (κ1) is 60.9. The molecule has 0 aromatic rings. The Bertz CT molecular complexity index is 1210. The molecule has 0 bridgehead atoms. The summed E-state index contributed by atoms with van der Waals surface area (Å²) in [5.74, 6) is -0.927. The Morgan fingerprint density at radius 1 is 0.328 bits per heavy atom. The zero-order valence-electron chi connectivity index (χ0n) is 42.0. The third-order valence-electron chi connectivity index (χ3n) is 11.5. The molecule has 6 heteroatoms. The van der Waals surface area contributed by atoms with E-state index in [-0.39, 0.29) is 31.1 Å². The highest BCUT2D eigenvalue weighted by Gasteiger charge is 2.19. The van der Waals surface area contributed by atoms with Gasteiger partial charge in [0.05, 0.1) is 0 Å². The van der Waals surface area contributed by atoms with Gasteiger partial charge in [0.15, 0.2) is 6.10 Å². The molecule has 0 aliphatic rings. The first-order valence-electron chi connectivity index (χ1n) is 27.0. The fraction of sp³-hybridized carbons (Fsp3) is 0.741. The molecule has 0 saturated carbocycles. The van der Waals surface area contributed by atoms with Crippen LogP contribution in [0.4, 0.5) is 0 Å². The van der Waals surface area contributed by atoms with Crippen molar-refractivity contribution < 1.29 is 28.6 Å². The van der Waals surface area contributed by atoms with Crippen molar-refractivity contribution in [1.29, 1.82) is 0 Å². The number of esters is 3. The smallest absolute Gasteiger partial charge is 0.306 e. The van der Waals surface area contributed by atoms with Crippen LogP contribution in [0.5, 0.6) is 0 Å². The van der Waals surface area contributed by atoms with Crippen LogP contribution < -0.4 is 0 Å². The monoisotopic (exact) mass is 893 g/mol. The van der Waals surface area contributed by atoms with Gasteiger partial charge in [-0.3, -0.25) is 14.4 Å². The van der Waals surface area contributed by atoms with Gasteiger partial charge < -0.3 is 14.2 Å². The lowest BCUT2D eigenvalue weighted by Gasteiger charge is -2.18. The third-order valence-corrected chi connectivity index (χ3v) is 11.5. The molecule has 0 rings (SSSR count). The van der Waals surface area contributed by atoms with Crippen LogP contribution in [0.25, 0.3) is 0 Å². The van der Waals surface area contributed by atoms with Crippen molar-refractivity contribution >= 4 is 17.9 Å². The highest BCUT2D eigenvalue weighted by atomic mass is 16.6. The van der Waals surface area contributed by atoms with Crippen molar-refractivity contribution in [2.45, 2.75) is 264 Å². The van der Waals surface area contributed by atoms with Gasteiger partial charge in [0.2, 0.25) is 0 Å². The van der Waals surface area contributed by atoms with E-state index >= 15 is 0 Å².